The van der Waals surface area contributed by atoms with Gasteiger partial charge in [-0.05, 0) is 39.0 Å². The van der Waals surface area contributed by atoms with Gasteiger partial charge in [0.15, 0.2) is 0 Å². The average molecular weight is 196 g/mol. The minimum atomic E-state index is -0.430. The van der Waals surface area contributed by atoms with E-state index in [0.717, 1.165) is 12.8 Å². The summed E-state index contributed by atoms with van der Waals surface area (Å²) >= 11 is 0. The van der Waals surface area contributed by atoms with Gasteiger partial charge in [0.1, 0.15) is 0 Å². The molecular weight excluding hydrogens is 180 g/mol. The van der Waals surface area contributed by atoms with Gasteiger partial charge >= 0.3 is 11.9 Å². The van der Waals surface area contributed by atoms with Crippen molar-refractivity contribution >= 4 is 11.9 Å². The van der Waals surface area contributed by atoms with Crippen molar-refractivity contribution in [3.8, 4) is 0 Å². The first-order chi connectivity index (χ1) is 6.36. The van der Waals surface area contributed by atoms with E-state index in [2.05, 4.69) is 6.92 Å². The summed E-state index contributed by atoms with van der Waals surface area (Å²) in [5.41, 5.74) is -0.860. The van der Waals surface area contributed by atoms with Crippen molar-refractivity contribution in [1.29, 1.82) is 0 Å². The SMILES string of the molecule is CC1CC2(C)CC(C)(C1)C(=O)OC2=O. The van der Waals surface area contributed by atoms with Crippen LogP contribution < -0.4 is 0 Å². The number of hydrogen-bond donors (Lipinski definition) is 0. The Morgan fingerprint density at radius 1 is 1.14 bits per heavy atom. The number of carbonyl (C=O) groups is 2. The minimum absolute atomic E-state index is 0.327. The maximum absolute atomic E-state index is 11.6. The van der Waals surface area contributed by atoms with E-state index in [4.69, 9.17) is 4.74 Å². The lowest BCUT2D eigenvalue weighted by atomic mass is 9.59. The molecule has 3 heteroatoms. The van der Waals surface area contributed by atoms with E-state index in [9.17, 15) is 9.59 Å². The largest absolute Gasteiger partial charge is 0.392 e. The quantitative estimate of drug-likeness (QED) is 0.439. The highest BCUT2D eigenvalue weighted by atomic mass is 16.6. The van der Waals surface area contributed by atoms with E-state index in [0.29, 0.717) is 12.3 Å². The van der Waals surface area contributed by atoms with E-state index in [-0.39, 0.29) is 11.9 Å². The predicted molar refractivity (Wildman–Crippen MR) is 50.3 cm³/mol. The lowest BCUT2D eigenvalue weighted by molar-refractivity contribution is -0.192. The monoisotopic (exact) mass is 196 g/mol. The number of cyclic esters (lactones) is 2. The summed E-state index contributed by atoms with van der Waals surface area (Å²) in [6.45, 7) is 5.92. The zero-order chi connectivity index (χ0) is 10.6. The van der Waals surface area contributed by atoms with Crippen molar-refractivity contribution in [2.75, 3.05) is 0 Å². The molecule has 0 N–H and O–H groups in total. The number of rotatable bonds is 0. The van der Waals surface area contributed by atoms with Gasteiger partial charge in [0.25, 0.3) is 0 Å². The highest BCUT2D eigenvalue weighted by Crippen LogP contribution is 2.52. The summed E-state index contributed by atoms with van der Waals surface area (Å²) in [4.78, 5) is 23.2. The zero-order valence-electron chi connectivity index (χ0n) is 8.92. The summed E-state index contributed by atoms with van der Waals surface area (Å²) in [7, 11) is 0. The molecule has 0 aromatic heterocycles. The van der Waals surface area contributed by atoms with Crippen molar-refractivity contribution in [1.82, 2.24) is 0 Å². The molecule has 2 unspecified atom stereocenters. The van der Waals surface area contributed by atoms with E-state index in [1.54, 1.807) is 0 Å². The van der Waals surface area contributed by atoms with Crippen LogP contribution >= 0.6 is 0 Å². The molecule has 1 saturated heterocycles. The fourth-order valence-corrected chi connectivity index (χ4v) is 3.26. The Balaban J connectivity index is 2.39. The van der Waals surface area contributed by atoms with Crippen LogP contribution in [0.4, 0.5) is 0 Å². The van der Waals surface area contributed by atoms with Gasteiger partial charge in [-0.25, -0.2) is 0 Å². The van der Waals surface area contributed by atoms with Gasteiger partial charge < -0.3 is 4.74 Å². The molecule has 1 aliphatic carbocycles. The molecule has 0 spiro atoms. The van der Waals surface area contributed by atoms with Crippen LogP contribution in [0.25, 0.3) is 0 Å². The summed E-state index contributed by atoms with van der Waals surface area (Å²) in [6.07, 6.45) is 2.34. The third-order valence-electron chi connectivity index (χ3n) is 3.55. The molecule has 0 amide bonds. The molecule has 1 aliphatic heterocycles. The lowest BCUT2D eigenvalue weighted by Gasteiger charge is -2.47. The van der Waals surface area contributed by atoms with Gasteiger partial charge in [0.2, 0.25) is 0 Å². The van der Waals surface area contributed by atoms with Crippen LogP contribution in [0.2, 0.25) is 0 Å². The zero-order valence-corrected chi connectivity index (χ0v) is 8.92. The van der Waals surface area contributed by atoms with E-state index in [1.807, 2.05) is 13.8 Å². The molecule has 1 heterocycles. The number of carbonyl (C=O) groups excluding carboxylic acids is 2. The van der Waals surface area contributed by atoms with Gasteiger partial charge in [0, 0.05) is 0 Å². The molecule has 2 aliphatic rings. The summed E-state index contributed by atoms with van der Waals surface area (Å²) in [5.74, 6) is -0.228. The number of fused-ring (bicyclic) bond motifs is 2. The lowest BCUT2D eigenvalue weighted by Crippen LogP contribution is -2.52. The van der Waals surface area contributed by atoms with Crippen LogP contribution in [-0.4, -0.2) is 11.9 Å². The highest BCUT2D eigenvalue weighted by Gasteiger charge is 2.56. The molecule has 0 aromatic rings. The van der Waals surface area contributed by atoms with Gasteiger partial charge in [-0.3, -0.25) is 9.59 Å². The Kier molecular flexibility index (Phi) is 1.79. The molecule has 3 nitrogen and oxygen atoms in total. The number of esters is 2. The first-order valence-electron chi connectivity index (χ1n) is 5.12. The van der Waals surface area contributed by atoms with Gasteiger partial charge in [0.05, 0.1) is 10.8 Å². The number of hydrogen-bond acceptors (Lipinski definition) is 3. The molecule has 78 valence electrons. The Morgan fingerprint density at radius 2 is 1.57 bits per heavy atom. The van der Waals surface area contributed by atoms with Crippen molar-refractivity contribution in [3.63, 3.8) is 0 Å². The summed E-state index contributed by atoms with van der Waals surface area (Å²) in [5, 5.41) is 0. The van der Waals surface area contributed by atoms with E-state index in [1.165, 1.54) is 0 Å². The highest BCUT2D eigenvalue weighted by molar-refractivity contribution is 5.95. The Bertz CT molecular complexity index is 282. The molecular formula is C11H16O3. The Hall–Kier alpha value is -0.860. The van der Waals surface area contributed by atoms with Crippen LogP contribution in [0.15, 0.2) is 0 Å². The minimum Gasteiger partial charge on any atom is -0.392 e. The maximum atomic E-state index is 11.6. The Labute approximate surface area is 83.8 Å². The average Bonchev–Trinajstić information content (AvgIpc) is 1.99. The number of ether oxygens (including phenoxy) is 1. The predicted octanol–water partition coefficient (Wildman–Crippen LogP) is 1.90. The van der Waals surface area contributed by atoms with Crippen molar-refractivity contribution < 1.29 is 14.3 Å². The molecule has 0 aromatic carbocycles. The van der Waals surface area contributed by atoms with Crippen molar-refractivity contribution in [3.05, 3.63) is 0 Å². The topological polar surface area (TPSA) is 43.4 Å². The van der Waals surface area contributed by atoms with E-state index >= 15 is 0 Å². The van der Waals surface area contributed by atoms with Crippen LogP contribution in [0.1, 0.15) is 40.0 Å². The van der Waals surface area contributed by atoms with Gasteiger partial charge in [-0.1, -0.05) is 6.92 Å². The Morgan fingerprint density at radius 3 is 2.00 bits per heavy atom. The first kappa shape index (κ1) is 9.69. The standard InChI is InChI=1S/C11H16O3/c1-7-4-10(2)6-11(3,5-7)9(13)14-8(10)12/h7H,4-6H2,1-3H3. The normalized spacial score (nSPS) is 47.5. The molecule has 1 saturated carbocycles. The van der Waals surface area contributed by atoms with Crippen LogP contribution in [0.3, 0.4) is 0 Å². The molecule has 14 heavy (non-hydrogen) atoms. The molecule has 0 radical (unpaired) electrons. The van der Waals surface area contributed by atoms with Crippen LogP contribution in [0.5, 0.6) is 0 Å². The molecule has 2 fully saturated rings. The maximum Gasteiger partial charge on any atom is 0.319 e. The molecule has 2 bridgehead atoms. The van der Waals surface area contributed by atoms with Gasteiger partial charge in [-0.2, -0.15) is 0 Å². The third-order valence-corrected chi connectivity index (χ3v) is 3.55. The second-order valence-corrected chi connectivity index (χ2v) is 5.49. The van der Waals surface area contributed by atoms with Gasteiger partial charge in [-0.15, -0.1) is 0 Å². The smallest absolute Gasteiger partial charge is 0.319 e. The fourth-order valence-electron chi connectivity index (χ4n) is 3.26. The molecule has 2 rings (SSSR count). The third kappa shape index (κ3) is 1.18. The summed E-state index contributed by atoms with van der Waals surface area (Å²) in [6, 6.07) is 0. The summed E-state index contributed by atoms with van der Waals surface area (Å²) < 4.78 is 4.83. The van der Waals surface area contributed by atoms with Crippen molar-refractivity contribution in [2.24, 2.45) is 16.7 Å². The first-order valence-corrected chi connectivity index (χ1v) is 5.12. The van der Waals surface area contributed by atoms with Crippen molar-refractivity contribution in [2.45, 2.75) is 40.0 Å². The molecule has 2 atom stereocenters. The van der Waals surface area contributed by atoms with E-state index < -0.39 is 10.8 Å². The fraction of sp³-hybridized carbons (Fsp3) is 0.818. The second-order valence-electron chi connectivity index (χ2n) is 5.49. The second kappa shape index (κ2) is 2.59. The van der Waals surface area contributed by atoms with Crippen LogP contribution in [0, 0.1) is 16.7 Å². The van der Waals surface area contributed by atoms with Crippen LogP contribution in [-0.2, 0) is 14.3 Å².